The maximum absolute atomic E-state index is 5.29. The van der Waals surface area contributed by atoms with E-state index in [0.29, 0.717) is 0 Å². The molecule has 1 aromatic rings. The van der Waals surface area contributed by atoms with Gasteiger partial charge in [0.1, 0.15) is 0 Å². The minimum atomic E-state index is -2.62. The molecular weight excluding hydrogens is 205 g/mol. The molecule has 0 atom stereocenters. The normalized spacial score (nSPS) is 11.8. The van der Waals surface area contributed by atoms with E-state index in [0.717, 1.165) is 5.69 Å². The van der Waals surface area contributed by atoms with E-state index in [1.807, 2.05) is 30.3 Å². The van der Waals surface area contributed by atoms with E-state index >= 15 is 0 Å². The van der Waals surface area contributed by atoms with Gasteiger partial charge in [-0.05, 0) is 23.9 Å². The van der Waals surface area contributed by atoms with Crippen molar-refractivity contribution in [2.45, 2.75) is 0 Å². The summed E-state index contributed by atoms with van der Waals surface area (Å²) in [5.74, 6) is 0. The van der Waals surface area contributed by atoms with Crippen LogP contribution in [0.25, 0.3) is 0 Å². The van der Waals surface area contributed by atoms with Crippen molar-refractivity contribution in [3.8, 4) is 0 Å². The van der Waals surface area contributed by atoms with E-state index in [1.54, 1.807) is 0 Å². The van der Waals surface area contributed by atoms with Gasteiger partial charge in [0.05, 0.1) is 5.69 Å². The smallest absolute Gasteiger partial charge is 0.243 e. The lowest BCUT2D eigenvalue weighted by atomic mass is 10.3. The topological polar surface area (TPSA) is 73.6 Å². The van der Waals surface area contributed by atoms with Gasteiger partial charge >= 0.3 is 0 Å². The lowest BCUT2D eigenvalue weighted by Crippen LogP contribution is -2.06. The Morgan fingerprint density at radius 1 is 1.31 bits per heavy atom. The van der Waals surface area contributed by atoms with Crippen molar-refractivity contribution in [1.82, 2.24) is 0 Å². The van der Waals surface area contributed by atoms with Gasteiger partial charge in [-0.2, -0.15) is 0 Å². The molecule has 0 heterocycles. The van der Waals surface area contributed by atoms with Gasteiger partial charge in [0.2, 0.25) is 6.57 Å². The van der Waals surface area contributed by atoms with Gasteiger partial charge in [0, 0.05) is 0 Å². The minimum absolute atomic E-state index is 0.769. The lowest BCUT2D eigenvalue weighted by molar-refractivity contribution is 0.636. The number of para-hydroxylation sites is 1. The van der Waals surface area contributed by atoms with E-state index in [4.69, 9.17) is 15.5 Å². The lowest BCUT2D eigenvalue weighted by Gasteiger charge is -2.06. The minimum Gasteiger partial charge on any atom is -0.430 e. The maximum Gasteiger partial charge on any atom is 0.243 e. The first-order valence-electron chi connectivity index (χ1n) is 3.51. The summed E-state index contributed by atoms with van der Waals surface area (Å²) < 4.78 is 4.82. The predicted octanol–water partition coefficient (Wildman–Crippen LogP) is 1.50. The van der Waals surface area contributed by atoms with Crippen molar-refractivity contribution >= 4 is 30.5 Å². The Morgan fingerprint density at radius 2 is 1.92 bits per heavy atom. The summed E-state index contributed by atoms with van der Waals surface area (Å²) in [6.07, 6.45) is 1.19. The highest BCUT2D eigenvalue weighted by atomic mass is 32.4. The highest BCUT2D eigenvalue weighted by Gasteiger charge is 1.98. The fourth-order valence-electron chi connectivity index (χ4n) is 0.672. The first-order chi connectivity index (χ1) is 6.08. The Morgan fingerprint density at radius 3 is 2.46 bits per heavy atom. The number of rotatable bonds is 3. The Bertz CT molecular complexity index is 335. The van der Waals surface area contributed by atoms with Crippen LogP contribution >= 0.6 is 6.57 Å². The average Bonchev–Trinajstić information content (AvgIpc) is 2.04. The molecule has 0 saturated heterocycles. The largest absolute Gasteiger partial charge is 0.430 e. The van der Waals surface area contributed by atoms with Crippen molar-refractivity contribution < 1.29 is 4.52 Å². The highest BCUT2D eigenvalue weighted by Crippen LogP contribution is 2.25. The second-order valence-corrected chi connectivity index (χ2v) is 5.53. The van der Waals surface area contributed by atoms with Crippen LogP contribution in [-0.4, -0.2) is 6.40 Å². The quantitative estimate of drug-likeness (QED) is 0.455. The van der Waals surface area contributed by atoms with Crippen LogP contribution in [0, 0.1) is 0 Å². The predicted molar refractivity (Wildman–Crippen MR) is 58.3 cm³/mol. The number of nitrogens with two attached hydrogens (primary N) is 2. The zero-order valence-electron chi connectivity index (χ0n) is 6.83. The summed E-state index contributed by atoms with van der Waals surface area (Å²) in [5, 5.41) is 0. The molecule has 0 aliphatic heterocycles. The van der Waals surface area contributed by atoms with Gasteiger partial charge in [-0.15, -0.1) is 0 Å². The van der Waals surface area contributed by atoms with Crippen molar-refractivity contribution in [2.75, 3.05) is 0 Å². The third-order valence-corrected chi connectivity index (χ3v) is 1.85. The summed E-state index contributed by atoms with van der Waals surface area (Å²) in [6.45, 7) is -2.62. The van der Waals surface area contributed by atoms with Crippen LogP contribution in [0.1, 0.15) is 0 Å². The Labute approximate surface area is 81.8 Å². The molecule has 6 heteroatoms. The molecular formula is C7H10N3OPS. The van der Waals surface area contributed by atoms with Gasteiger partial charge in [0.25, 0.3) is 0 Å². The van der Waals surface area contributed by atoms with Crippen molar-refractivity contribution in [3.05, 3.63) is 30.3 Å². The summed E-state index contributed by atoms with van der Waals surface area (Å²) in [7, 11) is 0. The SMILES string of the molecule is NP(N)(=S)OC=Nc1ccccc1. The molecule has 1 aromatic carbocycles. The molecule has 0 bridgehead atoms. The third-order valence-electron chi connectivity index (χ3n) is 1.17. The van der Waals surface area contributed by atoms with Crippen LogP contribution in [0.3, 0.4) is 0 Å². The number of aliphatic imine (C=N–C) groups is 1. The number of hydrogen-bond acceptors (Lipinski definition) is 3. The molecule has 0 aromatic heterocycles. The number of nitrogens with zero attached hydrogens (tertiary/aromatic N) is 1. The molecule has 0 amide bonds. The fourth-order valence-corrected chi connectivity index (χ4v) is 0.982. The van der Waals surface area contributed by atoms with Crippen LogP contribution in [0.5, 0.6) is 0 Å². The van der Waals surface area contributed by atoms with Crippen LogP contribution in [-0.2, 0) is 16.3 Å². The van der Waals surface area contributed by atoms with Crippen LogP contribution in [0.2, 0.25) is 0 Å². The molecule has 4 N–H and O–H groups in total. The number of hydrogen-bond donors (Lipinski definition) is 2. The molecule has 0 unspecified atom stereocenters. The van der Waals surface area contributed by atoms with Crippen LogP contribution < -0.4 is 11.0 Å². The van der Waals surface area contributed by atoms with E-state index in [2.05, 4.69) is 16.8 Å². The summed E-state index contributed by atoms with van der Waals surface area (Å²) in [6, 6.07) is 9.30. The molecule has 0 fully saturated rings. The Kier molecular flexibility index (Phi) is 3.57. The second kappa shape index (κ2) is 4.48. The first kappa shape index (κ1) is 10.3. The van der Waals surface area contributed by atoms with E-state index in [-0.39, 0.29) is 0 Å². The Balaban J connectivity index is 2.56. The summed E-state index contributed by atoms with van der Waals surface area (Å²) >= 11 is 4.65. The molecule has 0 spiro atoms. The van der Waals surface area contributed by atoms with Crippen LogP contribution in [0.4, 0.5) is 5.69 Å². The zero-order chi connectivity index (χ0) is 9.73. The van der Waals surface area contributed by atoms with Crippen molar-refractivity contribution in [1.29, 1.82) is 0 Å². The molecule has 0 saturated carbocycles. The second-order valence-electron chi connectivity index (χ2n) is 2.32. The number of benzene rings is 1. The van der Waals surface area contributed by atoms with E-state index < -0.39 is 6.57 Å². The summed E-state index contributed by atoms with van der Waals surface area (Å²) in [5.41, 5.74) is 11.3. The monoisotopic (exact) mass is 215 g/mol. The van der Waals surface area contributed by atoms with Gasteiger partial charge in [-0.1, -0.05) is 18.2 Å². The van der Waals surface area contributed by atoms with E-state index in [9.17, 15) is 0 Å². The van der Waals surface area contributed by atoms with Crippen LogP contribution in [0.15, 0.2) is 35.3 Å². The summed E-state index contributed by atoms with van der Waals surface area (Å²) in [4.78, 5) is 3.95. The fraction of sp³-hybridized carbons (Fsp3) is 0. The molecule has 0 radical (unpaired) electrons. The molecule has 13 heavy (non-hydrogen) atoms. The molecule has 70 valence electrons. The molecule has 1 rings (SSSR count). The average molecular weight is 215 g/mol. The van der Waals surface area contributed by atoms with Gasteiger partial charge in [-0.25, -0.2) is 4.99 Å². The van der Waals surface area contributed by atoms with Gasteiger partial charge in [0.15, 0.2) is 6.40 Å². The standard InChI is InChI=1S/C7H10N3OPS/c8-12(9,13)11-6-10-7-4-2-1-3-5-7/h1-6H,(H4,8,9,13). The van der Waals surface area contributed by atoms with Gasteiger partial charge < -0.3 is 4.52 Å². The Hall–Kier alpha value is -0.740. The molecule has 4 nitrogen and oxygen atoms in total. The van der Waals surface area contributed by atoms with E-state index in [1.165, 1.54) is 6.40 Å². The maximum atomic E-state index is 5.29. The molecule has 0 aliphatic carbocycles. The van der Waals surface area contributed by atoms with Gasteiger partial charge in [-0.3, -0.25) is 11.0 Å². The third kappa shape index (κ3) is 4.75. The molecule has 0 aliphatic rings. The van der Waals surface area contributed by atoms with Crippen molar-refractivity contribution in [3.63, 3.8) is 0 Å². The first-order valence-corrected chi connectivity index (χ1v) is 6.37. The zero-order valence-corrected chi connectivity index (χ0v) is 8.54. The highest BCUT2D eigenvalue weighted by molar-refractivity contribution is 8.10. The van der Waals surface area contributed by atoms with Crippen molar-refractivity contribution in [2.24, 2.45) is 16.0 Å².